The van der Waals surface area contributed by atoms with Gasteiger partial charge in [0.25, 0.3) is 5.91 Å². The van der Waals surface area contributed by atoms with Crippen LogP contribution in [0.5, 0.6) is 5.75 Å². The summed E-state index contributed by atoms with van der Waals surface area (Å²) in [6, 6.07) is 13.5. The van der Waals surface area contributed by atoms with Gasteiger partial charge in [-0.1, -0.05) is 12.1 Å². The van der Waals surface area contributed by atoms with Gasteiger partial charge in [0.05, 0.1) is 37.8 Å². The van der Waals surface area contributed by atoms with E-state index in [0.717, 1.165) is 5.56 Å². The SMILES string of the molecule is COc1ccc(C=NNC(=O)C(=O)Nc2ccccc2C(=O)N2CCOCC2)cc1. The molecular formula is C21H22N4O5. The molecule has 2 N–H and O–H groups in total. The van der Waals surface area contributed by atoms with E-state index in [-0.39, 0.29) is 11.6 Å². The lowest BCUT2D eigenvalue weighted by Crippen LogP contribution is -2.41. The second-order valence-corrected chi connectivity index (χ2v) is 6.38. The van der Waals surface area contributed by atoms with Crippen LogP contribution in [0.1, 0.15) is 15.9 Å². The van der Waals surface area contributed by atoms with E-state index < -0.39 is 11.8 Å². The number of nitrogens with one attached hydrogen (secondary N) is 2. The van der Waals surface area contributed by atoms with Crippen molar-refractivity contribution in [3.05, 3.63) is 59.7 Å². The standard InChI is InChI=1S/C21H22N4O5/c1-29-16-8-6-15(7-9-16)14-22-24-20(27)19(26)23-18-5-3-2-4-17(18)21(28)25-10-12-30-13-11-25/h2-9,14H,10-13H2,1H3,(H,23,26)(H,24,27). The highest BCUT2D eigenvalue weighted by Crippen LogP contribution is 2.18. The van der Waals surface area contributed by atoms with Crippen LogP contribution in [0.3, 0.4) is 0 Å². The maximum Gasteiger partial charge on any atom is 0.329 e. The number of hydrazone groups is 1. The molecule has 0 aliphatic carbocycles. The number of anilines is 1. The Bertz CT molecular complexity index is 937. The zero-order valence-corrected chi connectivity index (χ0v) is 16.5. The fourth-order valence-electron chi connectivity index (χ4n) is 2.80. The van der Waals surface area contributed by atoms with Crippen molar-refractivity contribution in [1.82, 2.24) is 10.3 Å². The molecule has 1 heterocycles. The highest BCUT2D eigenvalue weighted by Gasteiger charge is 2.22. The third-order valence-corrected chi connectivity index (χ3v) is 4.41. The van der Waals surface area contributed by atoms with E-state index in [2.05, 4.69) is 15.8 Å². The monoisotopic (exact) mass is 410 g/mol. The van der Waals surface area contributed by atoms with Crippen molar-refractivity contribution in [2.45, 2.75) is 0 Å². The Hall–Kier alpha value is -3.72. The Labute approximate surface area is 173 Å². The average molecular weight is 410 g/mol. The van der Waals surface area contributed by atoms with Gasteiger partial charge in [0.2, 0.25) is 0 Å². The molecule has 0 radical (unpaired) electrons. The van der Waals surface area contributed by atoms with Crippen molar-refractivity contribution in [2.24, 2.45) is 5.10 Å². The number of morpholine rings is 1. The summed E-state index contributed by atoms with van der Waals surface area (Å²) in [6.07, 6.45) is 1.40. The number of benzene rings is 2. The molecule has 9 heteroatoms. The summed E-state index contributed by atoms with van der Waals surface area (Å²) < 4.78 is 10.3. The average Bonchev–Trinajstić information content (AvgIpc) is 2.80. The van der Waals surface area contributed by atoms with Gasteiger partial charge in [-0.15, -0.1) is 0 Å². The van der Waals surface area contributed by atoms with Gasteiger partial charge >= 0.3 is 11.8 Å². The second-order valence-electron chi connectivity index (χ2n) is 6.38. The van der Waals surface area contributed by atoms with Crippen molar-refractivity contribution in [3.63, 3.8) is 0 Å². The molecule has 1 aliphatic rings. The highest BCUT2D eigenvalue weighted by molar-refractivity contribution is 6.40. The maximum atomic E-state index is 12.7. The van der Waals surface area contributed by atoms with Crippen LogP contribution in [0.15, 0.2) is 53.6 Å². The lowest BCUT2D eigenvalue weighted by Gasteiger charge is -2.27. The van der Waals surface area contributed by atoms with E-state index in [1.54, 1.807) is 60.5 Å². The first-order chi connectivity index (χ1) is 14.6. The Morgan fingerprint density at radius 3 is 2.43 bits per heavy atom. The number of carbonyl (C=O) groups excluding carboxylic acids is 3. The number of hydrogen-bond acceptors (Lipinski definition) is 6. The highest BCUT2D eigenvalue weighted by atomic mass is 16.5. The van der Waals surface area contributed by atoms with Gasteiger partial charge in [-0.05, 0) is 42.0 Å². The van der Waals surface area contributed by atoms with Crippen molar-refractivity contribution in [1.29, 1.82) is 0 Å². The fourth-order valence-corrected chi connectivity index (χ4v) is 2.80. The van der Waals surface area contributed by atoms with Crippen LogP contribution in [0.4, 0.5) is 5.69 Å². The number of amides is 3. The first-order valence-electron chi connectivity index (χ1n) is 9.33. The summed E-state index contributed by atoms with van der Waals surface area (Å²) in [6.45, 7) is 1.88. The number of hydrogen-bond donors (Lipinski definition) is 2. The first-order valence-corrected chi connectivity index (χ1v) is 9.33. The van der Waals surface area contributed by atoms with E-state index in [4.69, 9.17) is 9.47 Å². The van der Waals surface area contributed by atoms with Crippen LogP contribution >= 0.6 is 0 Å². The molecule has 1 aliphatic heterocycles. The van der Waals surface area contributed by atoms with Crippen molar-refractivity contribution < 1.29 is 23.9 Å². The number of rotatable bonds is 5. The zero-order valence-electron chi connectivity index (χ0n) is 16.5. The number of carbonyl (C=O) groups is 3. The van der Waals surface area contributed by atoms with Gasteiger partial charge in [0.15, 0.2) is 0 Å². The van der Waals surface area contributed by atoms with Gasteiger partial charge in [-0.2, -0.15) is 5.10 Å². The summed E-state index contributed by atoms with van der Waals surface area (Å²) >= 11 is 0. The molecule has 156 valence electrons. The lowest BCUT2D eigenvalue weighted by molar-refractivity contribution is -0.136. The smallest absolute Gasteiger partial charge is 0.329 e. The molecule has 2 aromatic carbocycles. The van der Waals surface area contributed by atoms with E-state index in [9.17, 15) is 14.4 Å². The van der Waals surface area contributed by atoms with E-state index >= 15 is 0 Å². The topological polar surface area (TPSA) is 109 Å². The summed E-state index contributed by atoms with van der Waals surface area (Å²) in [4.78, 5) is 38.7. The second kappa shape index (κ2) is 10.2. The number of para-hydroxylation sites is 1. The normalized spacial score (nSPS) is 13.7. The van der Waals surface area contributed by atoms with Gasteiger partial charge in [0.1, 0.15) is 5.75 Å². The summed E-state index contributed by atoms with van der Waals surface area (Å²) in [5.74, 6) is -1.41. The lowest BCUT2D eigenvalue weighted by atomic mass is 10.1. The molecule has 0 spiro atoms. The Morgan fingerprint density at radius 1 is 1.03 bits per heavy atom. The minimum absolute atomic E-state index is 0.230. The predicted octanol–water partition coefficient (Wildman–Crippen LogP) is 1.26. The van der Waals surface area contributed by atoms with Gasteiger partial charge in [-0.25, -0.2) is 5.43 Å². The van der Waals surface area contributed by atoms with Crippen LogP contribution < -0.4 is 15.5 Å². The van der Waals surface area contributed by atoms with E-state index in [1.807, 2.05) is 0 Å². The molecule has 3 rings (SSSR count). The summed E-state index contributed by atoms with van der Waals surface area (Å²) in [7, 11) is 1.56. The molecule has 1 saturated heterocycles. The molecule has 0 aromatic heterocycles. The zero-order chi connectivity index (χ0) is 21.3. The quantitative estimate of drug-likeness (QED) is 0.438. The van der Waals surface area contributed by atoms with Crippen LogP contribution in [0.2, 0.25) is 0 Å². The molecule has 3 amide bonds. The molecular weight excluding hydrogens is 388 g/mol. The molecule has 2 aromatic rings. The van der Waals surface area contributed by atoms with Crippen molar-refractivity contribution >= 4 is 29.6 Å². The fraction of sp³-hybridized carbons (Fsp3) is 0.238. The molecule has 0 atom stereocenters. The van der Waals surface area contributed by atoms with Gasteiger partial charge in [0, 0.05) is 13.1 Å². The largest absolute Gasteiger partial charge is 0.497 e. The van der Waals surface area contributed by atoms with E-state index in [1.165, 1.54) is 6.21 Å². The van der Waals surface area contributed by atoms with E-state index in [0.29, 0.717) is 37.6 Å². The van der Waals surface area contributed by atoms with Gasteiger partial charge < -0.3 is 19.7 Å². The van der Waals surface area contributed by atoms with Crippen LogP contribution in [-0.2, 0) is 14.3 Å². The molecule has 0 unspecified atom stereocenters. The predicted molar refractivity (Wildman–Crippen MR) is 111 cm³/mol. The summed E-state index contributed by atoms with van der Waals surface area (Å²) in [5.41, 5.74) is 3.45. The molecule has 0 saturated carbocycles. The molecule has 9 nitrogen and oxygen atoms in total. The number of ether oxygens (including phenoxy) is 2. The van der Waals surface area contributed by atoms with Crippen LogP contribution in [0, 0.1) is 0 Å². The minimum atomic E-state index is -0.951. The molecule has 0 bridgehead atoms. The van der Waals surface area contributed by atoms with Crippen LogP contribution in [0.25, 0.3) is 0 Å². The van der Waals surface area contributed by atoms with Crippen LogP contribution in [-0.4, -0.2) is 62.2 Å². The van der Waals surface area contributed by atoms with Gasteiger partial charge in [-0.3, -0.25) is 14.4 Å². The van der Waals surface area contributed by atoms with Crippen molar-refractivity contribution in [2.75, 3.05) is 38.7 Å². The third-order valence-electron chi connectivity index (χ3n) is 4.41. The van der Waals surface area contributed by atoms with Crippen molar-refractivity contribution in [3.8, 4) is 5.75 Å². The third kappa shape index (κ3) is 5.42. The summed E-state index contributed by atoms with van der Waals surface area (Å²) in [5, 5.41) is 6.25. The Morgan fingerprint density at radius 2 is 1.73 bits per heavy atom. The maximum absolute atomic E-state index is 12.7. The molecule has 1 fully saturated rings. The Balaban J connectivity index is 1.60. The molecule has 30 heavy (non-hydrogen) atoms. The first kappa shape index (κ1) is 21.0. The number of methoxy groups -OCH3 is 1. The number of nitrogens with zero attached hydrogens (tertiary/aromatic N) is 2. The Kier molecular flexibility index (Phi) is 7.12. The minimum Gasteiger partial charge on any atom is -0.497 e.